The third kappa shape index (κ3) is 4.82. The fraction of sp³-hybridized carbons (Fsp3) is 0.0952. The van der Waals surface area contributed by atoms with Crippen molar-refractivity contribution in [3.8, 4) is 0 Å². The second-order valence-corrected chi connectivity index (χ2v) is 7.42. The number of anilines is 1. The van der Waals surface area contributed by atoms with Crippen LogP contribution in [-0.4, -0.2) is 20.7 Å². The average molecular weight is 559 g/mol. The van der Waals surface area contributed by atoms with E-state index in [9.17, 15) is 18.0 Å². The summed E-state index contributed by atoms with van der Waals surface area (Å²) in [5.41, 5.74) is 1.14. The lowest BCUT2D eigenvalue weighted by atomic mass is 10.1. The Balaban J connectivity index is 1.97. The molecule has 0 saturated carbocycles. The topological polar surface area (TPSA) is 59.8 Å². The first-order valence-electron chi connectivity index (χ1n) is 8.79. The van der Waals surface area contributed by atoms with Gasteiger partial charge in [0.1, 0.15) is 0 Å². The summed E-state index contributed by atoms with van der Waals surface area (Å²) >= 11 is 8.58. The van der Waals surface area contributed by atoms with Crippen LogP contribution in [0.5, 0.6) is 0 Å². The first-order chi connectivity index (χ1) is 14.7. The van der Waals surface area contributed by atoms with Crippen molar-refractivity contribution < 1.29 is 18.0 Å². The monoisotopic (exact) mass is 558 g/mol. The van der Waals surface area contributed by atoms with Crippen molar-refractivity contribution in [3.05, 3.63) is 81.2 Å². The van der Waals surface area contributed by atoms with E-state index in [1.165, 1.54) is 18.3 Å². The molecule has 0 spiro atoms. The zero-order valence-electron chi connectivity index (χ0n) is 16.0. The Morgan fingerprint density at radius 1 is 1.29 bits per heavy atom. The molecule has 2 aromatic heterocycles. The van der Waals surface area contributed by atoms with E-state index in [-0.39, 0.29) is 16.3 Å². The van der Waals surface area contributed by atoms with E-state index < -0.39 is 17.6 Å². The first kappa shape index (κ1) is 23.0. The summed E-state index contributed by atoms with van der Waals surface area (Å²) in [6.45, 7) is 5.52. The van der Waals surface area contributed by atoms with Crippen molar-refractivity contribution in [2.45, 2.75) is 13.1 Å². The number of aryl methyl sites for hydroxylation is 1. The van der Waals surface area contributed by atoms with Gasteiger partial charge in [0.2, 0.25) is 0 Å². The highest BCUT2D eigenvalue weighted by atomic mass is 127. The highest BCUT2D eigenvalue weighted by Gasteiger charge is 2.30. The minimum Gasteiger partial charge on any atom is -0.322 e. The van der Waals surface area contributed by atoms with Gasteiger partial charge in [-0.3, -0.25) is 4.79 Å². The molecule has 0 atom stereocenters. The molecule has 31 heavy (non-hydrogen) atoms. The molecule has 160 valence electrons. The number of aromatic nitrogens is 3. The first-order valence-corrected chi connectivity index (χ1v) is 10.4. The fourth-order valence-electron chi connectivity index (χ4n) is 2.85. The Bertz CT molecular complexity index is 1210. The van der Waals surface area contributed by atoms with Crippen LogP contribution in [0.4, 0.5) is 18.9 Å². The maximum atomic E-state index is 12.7. The lowest BCUT2D eigenvalue weighted by Crippen LogP contribution is -2.13. The molecule has 2 heterocycles. The van der Waals surface area contributed by atoms with Gasteiger partial charge in [-0.15, -0.1) is 0 Å². The Morgan fingerprint density at radius 2 is 1.97 bits per heavy atom. The largest absolute Gasteiger partial charge is 0.416 e. The van der Waals surface area contributed by atoms with Gasteiger partial charge in [-0.05, 0) is 47.4 Å². The van der Waals surface area contributed by atoms with E-state index in [1.54, 1.807) is 23.8 Å². The maximum absolute atomic E-state index is 12.7. The van der Waals surface area contributed by atoms with Crippen LogP contribution < -0.4 is 5.32 Å². The second kappa shape index (κ2) is 9.23. The van der Waals surface area contributed by atoms with Crippen molar-refractivity contribution >= 4 is 62.5 Å². The van der Waals surface area contributed by atoms with Crippen molar-refractivity contribution in [2.24, 2.45) is 0 Å². The summed E-state index contributed by atoms with van der Waals surface area (Å²) in [6.07, 6.45) is 2.07. The van der Waals surface area contributed by atoms with Gasteiger partial charge in [0.25, 0.3) is 5.91 Å². The molecule has 0 aliphatic rings. The Labute approximate surface area is 194 Å². The molecule has 1 N–H and O–H groups in total. The summed E-state index contributed by atoms with van der Waals surface area (Å²) in [5, 5.41) is 7.62. The number of amides is 1. The van der Waals surface area contributed by atoms with Gasteiger partial charge in [-0.25, -0.2) is 9.67 Å². The van der Waals surface area contributed by atoms with Crippen LogP contribution in [0.1, 0.15) is 21.6 Å². The molecular weight excluding hydrogens is 544 g/mol. The number of alkyl halides is 3. The molecule has 0 radical (unpaired) electrons. The normalized spacial score (nSPS) is 12.5. The van der Waals surface area contributed by atoms with E-state index >= 15 is 0 Å². The predicted molar refractivity (Wildman–Crippen MR) is 124 cm³/mol. The Kier molecular flexibility index (Phi) is 6.85. The van der Waals surface area contributed by atoms with E-state index in [0.717, 1.165) is 12.1 Å². The quantitative estimate of drug-likeness (QED) is 0.282. The number of nitrogens with one attached hydrogen (secondary N) is 1. The third-order valence-corrected chi connectivity index (χ3v) is 5.12. The summed E-state index contributed by atoms with van der Waals surface area (Å²) in [7, 11) is 0. The number of nitrogens with zero attached hydrogens (tertiary/aromatic N) is 3. The van der Waals surface area contributed by atoms with Crippen molar-refractivity contribution in [2.75, 3.05) is 5.32 Å². The highest BCUT2D eigenvalue weighted by Crippen LogP contribution is 2.32. The molecule has 1 amide bonds. The van der Waals surface area contributed by atoms with E-state index in [4.69, 9.17) is 11.6 Å². The van der Waals surface area contributed by atoms with Gasteiger partial charge in [0, 0.05) is 11.9 Å². The Hall–Kier alpha value is -2.66. The van der Waals surface area contributed by atoms with Crippen LogP contribution in [0, 0.1) is 6.92 Å². The number of carbonyl (C=O) groups is 1. The molecule has 0 aliphatic heterocycles. The number of hydrogen-bond donors (Lipinski definition) is 1. The third-order valence-electron chi connectivity index (χ3n) is 4.32. The lowest BCUT2D eigenvalue weighted by molar-refractivity contribution is -0.137. The summed E-state index contributed by atoms with van der Waals surface area (Å²) in [4.78, 5) is 17.0. The standard InChI is InChI=1S/C21H15ClF3IN4O/c1-3-15(5-4-10-26)30-19-17(12(2)29-30)18(22)16(11-27-19)20(31)28-14-8-6-13(7-9-14)21(23,24)25/h3-11H,1H2,2H3,(H,28,31)/b10-4+,15-5+. The van der Waals surface area contributed by atoms with Gasteiger partial charge >= 0.3 is 6.18 Å². The molecule has 0 aliphatic carbocycles. The number of halogens is 5. The van der Waals surface area contributed by atoms with Crippen LogP contribution in [0.25, 0.3) is 16.7 Å². The molecule has 0 saturated heterocycles. The molecule has 0 fully saturated rings. The molecule has 0 bridgehead atoms. The van der Waals surface area contributed by atoms with Gasteiger partial charge < -0.3 is 5.32 Å². The van der Waals surface area contributed by atoms with Crippen molar-refractivity contribution in [1.29, 1.82) is 0 Å². The lowest BCUT2D eigenvalue weighted by Gasteiger charge is -2.10. The van der Waals surface area contributed by atoms with Gasteiger partial charge in [0.15, 0.2) is 5.65 Å². The summed E-state index contributed by atoms with van der Waals surface area (Å²) in [6, 6.07) is 4.12. The molecule has 3 rings (SSSR count). The van der Waals surface area contributed by atoms with Crippen LogP contribution in [-0.2, 0) is 6.18 Å². The number of pyridine rings is 1. The van der Waals surface area contributed by atoms with Crippen LogP contribution in [0.15, 0.2) is 59.4 Å². The molecule has 10 heteroatoms. The average Bonchev–Trinajstić information content (AvgIpc) is 3.06. The minimum absolute atomic E-state index is 0.0769. The smallest absolute Gasteiger partial charge is 0.322 e. The minimum atomic E-state index is -4.45. The maximum Gasteiger partial charge on any atom is 0.416 e. The fourth-order valence-corrected chi connectivity index (χ4v) is 3.41. The van der Waals surface area contributed by atoms with Crippen molar-refractivity contribution in [1.82, 2.24) is 14.8 Å². The number of carbonyl (C=O) groups excluding carboxylic acids is 1. The molecule has 0 unspecified atom stereocenters. The van der Waals surface area contributed by atoms with Crippen LogP contribution in [0.3, 0.4) is 0 Å². The Morgan fingerprint density at radius 3 is 2.55 bits per heavy atom. The SMILES string of the molecule is C=C/C(=C\C=C\I)n1nc(C)c2c(Cl)c(C(=O)Nc3ccc(C(F)(F)F)cc3)cnc21. The van der Waals surface area contributed by atoms with Crippen LogP contribution >= 0.6 is 34.2 Å². The molecular formula is C21H15ClF3IN4O. The number of fused-ring (bicyclic) bond motifs is 1. The van der Waals surface area contributed by atoms with E-state index in [2.05, 4.69) is 44.6 Å². The number of hydrogen-bond acceptors (Lipinski definition) is 3. The predicted octanol–water partition coefficient (Wildman–Crippen LogP) is 6.64. The zero-order valence-corrected chi connectivity index (χ0v) is 19.0. The van der Waals surface area contributed by atoms with Crippen LogP contribution in [0.2, 0.25) is 5.02 Å². The zero-order chi connectivity index (χ0) is 22.8. The number of allylic oxidation sites excluding steroid dienone is 4. The number of benzene rings is 1. The molecule has 1 aromatic carbocycles. The summed E-state index contributed by atoms with van der Waals surface area (Å²) < 4.78 is 41.5. The number of rotatable bonds is 5. The van der Waals surface area contributed by atoms with Gasteiger partial charge in [0.05, 0.1) is 32.9 Å². The molecule has 3 aromatic rings. The van der Waals surface area contributed by atoms with E-state index in [1.807, 2.05) is 10.2 Å². The second-order valence-electron chi connectivity index (χ2n) is 6.33. The summed E-state index contributed by atoms with van der Waals surface area (Å²) in [5.74, 6) is -0.598. The van der Waals surface area contributed by atoms with E-state index in [0.29, 0.717) is 22.4 Å². The van der Waals surface area contributed by atoms with Crippen molar-refractivity contribution in [3.63, 3.8) is 0 Å². The highest BCUT2D eigenvalue weighted by molar-refractivity contribution is 14.1. The van der Waals surface area contributed by atoms with Gasteiger partial charge in [-0.1, -0.05) is 46.8 Å². The van der Waals surface area contributed by atoms with Gasteiger partial charge in [-0.2, -0.15) is 18.3 Å². The molecule has 5 nitrogen and oxygen atoms in total.